The van der Waals surface area contributed by atoms with E-state index < -0.39 is 9.84 Å². The number of hydrogen-bond acceptors (Lipinski definition) is 4. The molecule has 3 aromatic rings. The monoisotopic (exact) mass is 435 g/mol. The van der Waals surface area contributed by atoms with E-state index in [2.05, 4.69) is 17.2 Å². The van der Waals surface area contributed by atoms with Gasteiger partial charge in [0.1, 0.15) is 0 Å². The fraction of sp³-hybridized carbons (Fsp3) is 0.333. The lowest BCUT2D eigenvalue weighted by Crippen LogP contribution is -2.36. The zero-order chi connectivity index (χ0) is 21.6. The van der Waals surface area contributed by atoms with Crippen LogP contribution < -0.4 is 0 Å². The van der Waals surface area contributed by atoms with Crippen molar-refractivity contribution in [2.45, 2.75) is 32.4 Å². The first-order chi connectivity index (χ1) is 14.9. The highest BCUT2D eigenvalue weighted by Gasteiger charge is 2.33. The SMILES string of the molecule is Cc1ccc(-c2cc(C(=O)N3CCc4ccccc4C3)nn2[C@@H]2CCS(=O)(=O)C2)cc1. The number of sulfone groups is 1. The van der Waals surface area contributed by atoms with Crippen LogP contribution in [0.2, 0.25) is 0 Å². The number of carbonyl (C=O) groups excluding carboxylic acids is 1. The molecule has 2 aliphatic rings. The van der Waals surface area contributed by atoms with E-state index in [1.807, 2.05) is 54.3 Å². The molecule has 0 bridgehead atoms. The highest BCUT2D eigenvalue weighted by molar-refractivity contribution is 7.91. The zero-order valence-corrected chi connectivity index (χ0v) is 18.3. The Kier molecular flexibility index (Phi) is 4.93. The van der Waals surface area contributed by atoms with E-state index in [9.17, 15) is 13.2 Å². The molecule has 2 aliphatic heterocycles. The molecule has 7 heteroatoms. The Hall–Kier alpha value is -2.93. The molecule has 1 aromatic heterocycles. The van der Waals surface area contributed by atoms with E-state index in [-0.39, 0.29) is 23.5 Å². The second-order valence-corrected chi connectivity index (χ2v) is 10.8. The fourth-order valence-corrected chi connectivity index (χ4v) is 6.21. The molecule has 1 fully saturated rings. The van der Waals surface area contributed by atoms with Crippen molar-refractivity contribution in [2.24, 2.45) is 0 Å². The van der Waals surface area contributed by atoms with Crippen LogP contribution >= 0.6 is 0 Å². The molecule has 5 rings (SSSR count). The van der Waals surface area contributed by atoms with Crippen LogP contribution in [-0.4, -0.2) is 47.1 Å². The van der Waals surface area contributed by atoms with E-state index in [1.54, 1.807) is 4.68 Å². The molecule has 0 aliphatic carbocycles. The van der Waals surface area contributed by atoms with E-state index in [0.717, 1.165) is 23.2 Å². The van der Waals surface area contributed by atoms with Crippen LogP contribution in [0.15, 0.2) is 54.6 Å². The van der Waals surface area contributed by atoms with Crippen molar-refractivity contribution in [2.75, 3.05) is 18.1 Å². The summed E-state index contributed by atoms with van der Waals surface area (Å²) in [6, 6.07) is 17.8. The van der Waals surface area contributed by atoms with Gasteiger partial charge in [0.2, 0.25) is 0 Å². The topological polar surface area (TPSA) is 72.3 Å². The molecule has 1 saturated heterocycles. The maximum absolute atomic E-state index is 13.3. The Morgan fingerprint density at radius 1 is 1.06 bits per heavy atom. The number of rotatable bonds is 3. The molecule has 6 nitrogen and oxygen atoms in total. The molecule has 2 aromatic carbocycles. The van der Waals surface area contributed by atoms with Crippen LogP contribution in [0.5, 0.6) is 0 Å². The molecule has 0 saturated carbocycles. The summed E-state index contributed by atoms with van der Waals surface area (Å²) < 4.78 is 26.0. The van der Waals surface area contributed by atoms with E-state index in [0.29, 0.717) is 25.2 Å². The van der Waals surface area contributed by atoms with Crippen molar-refractivity contribution >= 4 is 15.7 Å². The smallest absolute Gasteiger partial charge is 0.274 e. The Morgan fingerprint density at radius 2 is 1.81 bits per heavy atom. The number of hydrogen-bond donors (Lipinski definition) is 0. The van der Waals surface area contributed by atoms with Gasteiger partial charge in [-0.25, -0.2) is 8.42 Å². The molecule has 160 valence electrons. The Morgan fingerprint density at radius 3 is 2.52 bits per heavy atom. The maximum Gasteiger partial charge on any atom is 0.274 e. The molecule has 0 radical (unpaired) electrons. The summed E-state index contributed by atoms with van der Waals surface area (Å²) in [5.74, 6) is 0.123. The lowest BCUT2D eigenvalue weighted by Gasteiger charge is -2.28. The predicted molar refractivity (Wildman–Crippen MR) is 120 cm³/mol. The minimum Gasteiger partial charge on any atom is -0.333 e. The second-order valence-electron chi connectivity index (χ2n) is 8.53. The molecule has 31 heavy (non-hydrogen) atoms. The number of fused-ring (bicyclic) bond motifs is 1. The van der Waals surface area contributed by atoms with Gasteiger partial charge in [0.05, 0.1) is 23.2 Å². The quantitative estimate of drug-likeness (QED) is 0.632. The van der Waals surface area contributed by atoms with Crippen LogP contribution in [-0.2, 0) is 22.8 Å². The molecule has 0 unspecified atom stereocenters. The summed E-state index contributed by atoms with van der Waals surface area (Å²) in [7, 11) is -3.07. The van der Waals surface area contributed by atoms with Crippen molar-refractivity contribution in [3.63, 3.8) is 0 Å². The number of benzene rings is 2. The van der Waals surface area contributed by atoms with Gasteiger partial charge >= 0.3 is 0 Å². The Bertz CT molecular complexity index is 1250. The van der Waals surface area contributed by atoms with Gasteiger partial charge in [-0.1, -0.05) is 54.1 Å². The van der Waals surface area contributed by atoms with Crippen molar-refractivity contribution < 1.29 is 13.2 Å². The second kappa shape index (κ2) is 7.64. The first kappa shape index (κ1) is 20.0. The third kappa shape index (κ3) is 3.90. The molecular weight excluding hydrogens is 410 g/mol. The van der Waals surface area contributed by atoms with Gasteiger partial charge in [-0.15, -0.1) is 0 Å². The Labute approximate surface area is 182 Å². The summed E-state index contributed by atoms with van der Waals surface area (Å²) in [5, 5.41) is 4.65. The van der Waals surface area contributed by atoms with Crippen molar-refractivity contribution in [1.29, 1.82) is 0 Å². The average molecular weight is 436 g/mol. The largest absolute Gasteiger partial charge is 0.333 e. The molecular formula is C24H25N3O3S. The third-order valence-electron chi connectivity index (χ3n) is 6.27. The number of carbonyl (C=O) groups is 1. The zero-order valence-electron chi connectivity index (χ0n) is 17.5. The van der Waals surface area contributed by atoms with E-state index in [4.69, 9.17) is 0 Å². The van der Waals surface area contributed by atoms with Crippen molar-refractivity contribution in [1.82, 2.24) is 14.7 Å². The molecule has 0 spiro atoms. The van der Waals surface area contributed by atoms with Crippen LogP contribution in [0.3, 0.4) is 0 Å². The van der Waals surface area contributed by atoms with E-state index >= 15 is 0 Å². The molecule has 0 N–H and O–H groups in total. The Balaban J connectivity index is 1.50. The number of aromatic nitrogens is 2. The van der Waals surface area contributed by atoms with Gasteiger partial charge in [0, 0.05) is 13.1 Å². The standard InChI is InChI=1S/C24H25N3O3S/c1-17-6-8-19(9-7-17)23-14-22(25-27(23)21-11-13-31(29,30)16-21)24(28)26-12-10-18-4-2-3-5-20(18)15-26/h2-9,14,21H,10-13,15-16H2,1H3/t21-/m1/s1. The highest BCUT2D eigenvalue weighted by atomic mass is 32.2. The highest BCUT2D eigenvalue weighted by Crippen LogP contribution is 2.31. The van der Waals surface area contributed by atoms with Crippen LogP contribution in [0, 0.1) is 6.92 Å². The number of amides is 1. The summed E-state index contributed by atoms with van der Waals surface area (Å²) in [6.07, 6.45) is 1.35. The summed E-state index contributed by atoms with van der Waals surface area (Å²) in [5.41, 5.74) is 5.70. The van der Waals surface area contributed by atoms with Gasteiger partial charge in [0.25, 0.3) is 5.91 Å². The van der Waals surface area contributed by atoms with Gasteiger partial charge in [-0.3, -0.25) is 9.48 Å². The summed E-state index contributed by atoms with van der Waals surface area (Å²) in [6.45, 7) is 3.24. The minimum atomic E-state index is -3.07. The van der Waals surface area contributed by atoms with Crippen molar-refractivity contribution in [3.05, 3.63) is 77.0 Å². The maximum atomic E-state index is 13.3. The van der Waals surface area contributed by atoms with Crippen molar-refractivity contribution in [3.8, 4) is 11.3 Å². The van der Waals surface area contributed by atoms with Gasteiger partial charge < -0.3 is 4.90 Å². The van der Waals surface area contributed by atoms with Crippen LogP contribution in [0.4, 0.5) is 0 Å². The molecule has 3 heterocycles. The molecule has 1 atom stereocenters. The van der Waals surface area contributed by atoms with Gasteiger partial charge in [-0.2, -0.15) is 5.10 Å². The lowest BCUT2D eigenvalue weighted by molar-refractivity contribution is 0.0727. The average Bonchev–Trinajstić information content (AvgIpc) is 3.37. The van der Waals surface area contributed by atoms with Crippen LogP contribution in [0.1, 0.15) is 39.6 Å². The van der Waals surface area contributed by atoms with Gasteiger partial charge in [-0.05, 0) is 42.5 Å². The number of nitrogens with zero attached hydrogens (tertiary/aromatic N) is 3. The molecule has 1 amide bonds. The van der Waals surface area contributed by atoms with Crippen LogP contribution in [0.25, 0.3) is 11.3 Å². The fourth-order valence-electron chi connectivity index (χ4n) is 4.52. The number of aryl methyl sites for hydroxylation is 1. The first-order valence-corrected chi connectivity index (χ1v) is 12.4. The minimum absolute atomic E-state index is 0.0677. The normalized spacial score (nSPS) is 19.9. The lowest BCUT2D eigenvalue weighted by atomic mass is 10.00. The van der Waals surface area contributed by atoms with Gasteiger partial charge in [0.15, 0.2) is 15.5 Å². The summed E-state index contributed by atoms with van der Waals surface area (Å²) in [4.78, 5) is 15.2. The third-order valence-corrected chi connectivity index (χ3v) is 8.02. The first-order valence-electron chi connectivity index (χ1n) is 10.6. The predicted octanol–water partition coefficient (Wildman–Crippen LogP) is 3.42. The van der Waals surface area contributed by atoms with E-state index in [1.165, 1.54) is 11.1 Å². The summed E-state index contributed by atoms with van der Waals surface area (Å²) >= 11 is 0.